The van der Waals surface area contributed by atoms with E-state index < -0.39 is 6.10 Å². The van der Waals surface area contributed by atoms with E-state index in [2.05, 4.69) is 54.7 Å². The smallest absolute Gasteiger partial charge is 0.191 e. The fourth-order valence-electron chi connectivity index (χ4n) is 4.02. The maximum Gasteiger partial charge on any atom is 0.191 e. The molecule has 0 saturated carbocycles. The van der Waals surface area contributed by atoms with Crippen molar-refractivity contribution in [3.63, 3.8) is 0 Å². The molecule has 0 spiro atoms. The van der Waals surface area contributed by atoms with Crippen LogP contribution in [0.15, 0.2) is 61.1 Å². The van der Waals surface area contributed by atoms with Gasteiger partial charge in [-0.15, -0.1) is 5.53 Å². The Morgan fingerprint density at radius 1 is 1.06 bits per heavy atom. The highest BCUT2D eigenvalue weighted by molar-refractivity contribution is 5.79. The third-order valence-electron chi connectivity index (χ3n) is 5.74. The molecule has 2 aliphatic heterocycles. The van der Waals surface area contributed by atoms with Crippen LogP contribution in [-0.2, 0) is 11.3 Å². The highest BCUT2D eigenvalue weighted by atomic mass is 16.5. The fourth-order valence-corrected chi connectivity index (χ4v) is 4.02. The fraction of sp³-hybridized carbons (Fsp3) is 0.217. The van der Waals surface area contributed by atoms with Gasteiger partial charge in [0.1, 0.15) is 5.82 Å². The zero-order valence-electron chi connectivity index (χ0n) is 18.1. The predicted molar refractivity (Wildman–Crippen MR) is 128 cm³/mol. The van der Waals surface area contributed by atoms with Crippen molar-refractivity contribution in [1.29, 1.82) is 0 Å². The summed E-state index contributed by atoms with van der Waals surface area (Å²) in [6.07, 6.45) is 4.60. The molecule has 1 saturated heterocycles. The molecular formula is C23H23N9O2. The van der Waals surface area contributed by atoms with Gasteiger partial charge in [0.2, 0.25) is 0 Å². The highest BCUT2D eigenvalue weighted by Crippen LogP contribution is 2.29. The quantitative estimate of drug-likeness (QED) is 0.292. The molecule has 0 bridgehead atoms. The van der Waals surface area contributed by atoms with Crippen LogP contribution < -0.4 is 26.6 Å². The molecule has 11 nitrogen and oxygen atoms in total. The molecule has 0 aliphatic carbocycles. The van der Waals surface area contributed by atoms with Crippen molar-refractivity contribution in [1.82, 2.24) is 25.5 Å². The Bertz CT molecular complexity index is 1330. The van der Waals surface area contributed by atoms with E-state index in [1.807, 2.05) is 29.3 Å². The second kappa shape index (κ2) is 8.71. The maximum absolute atomic E-state index is 9.96. The van der Waals surface area contributed by atoms with Crippen LogP contribution in [0.25, 0.3) is 10.9 Å². The summed E-state index contributed by atoms with van der Waals surface area (Å²) in [6, 6.07) is 13.7. The van der Waals surface area contributed by atoms with Crippen LogP contribution >= 0.6 is 0 Å². The summed E-state index contributed by atoms with van der Waals surface area (Å²) in [4.78, 5) is 17.9. The Morgan fingerprint density at radius 2 is 2.03 bits per heavy atom. The average molecular weight is 457 g/mol. The van der Waals surface area contributed by atoms with Gasteiger partial charge in [0.15, 0.2) is 17.5 Å². The van der Waals surface area contributed by atoms with Gasteiger partial charge in [0.05, 0.1) is 43.6 Å². The summed E-state index contributed by atoms with van der Waals surface area (Å²) in [6.45, 7) is 1.37. The van der Waals surface area contributed by atoms with Gasteiger partial charge < -0.3 is 20.5 Å². The molecule has 34 heavy (non-hydrogen) atoms. The number of rotatable bonds is 6. The lowest BCUT2D eigenvalue weighted by molar-refractivity contribution is 0.125. The van der Waals surface area contributed by atoms with E-state index in [-0.39, 0.29) is 6.04 Å². The number of aliphatic hydroxyl groups excluding tert-OH is 1. The first-order valence-corrected chi connectivity index (χ1v) is 11.0. The van der Waals surface area contributed by atoms with E-state index in [9.17, 15) is 5.11 Å². The number of hydrogen-bond acceptors (Lipinski definition) is 11. The van der Waals surface area contributed by atoms with Crippen LogP contribution in [0.1, 0.15) is 5.56 Å². The summed E-state index contributed by atoms with van der Waals surface area (Å²) in [5, 5.41) is 19.4. The van der Waals surface area contributed by atoms with E-state index >= 15 is 0 Å². The molecule has 3 aromatic heterocycles. The zero-order valence-corrected chi connectivity index (χ0v) is 18.1. The Balaban J connectivity index is 1.18. The average Bonchev–Trinajstić information content (AvgIpc) is 3.45. The monoisotopic (exact) mass is 457 g/mol. The van der Waals surface area contributed by atoms with Gasteiger partial charge >= 0.3 is 0 Å². The number of ether oxygens (including phenoxy) is 1. The third kappa shape index (κ3) is 4.15. The molecule has 1 aromatic carbocycles. The molecule has 172 valence electrons. The minimum absolute atomic E-state index is 0.181. The van der Waals surface area contributed by atoms with Crippen molar-refractivity contribution in [2.24, 2.45) is 0 Å². The Morgan fingerprint density at radius 3 is 2.94 bits per heavy atom. The molecule has 5 N–H and O–H groups in total. The van der Waals surface area contributed by atoms with E-state index in [0.29, 0.717) is 43.0 Å². The summed E-state index contributed by atoms with van der Waals surface area (Å²) in [7, 11) is 0. The van der Waals surface area contributed by atoms with E-state index in [1.165, 1.54) is 0 Å². The number of aliphatic hydroxyl groups is 1. The third-order valence-corrected chi connectivity index (χ3v) is 5.74. The van der Waals surface area contributed by atoms with Crippen LogP contribution in [0.2, 0.25) is 0 Å². The topological polar surface area (TPSA) is 132 Å². The van der Waals surface area contributed by atoms with Gasteiger partial charge in [-0.3, -0.25) is 15.4 Å². The summed E-state index contributed by atoms with van der Waals surface area (Å²) in [5.41, 5.74) is 9.06. The van der Waals surface area contributed by atoms with Gasteiger partial charge in [-0.05, 0) is 29.8 Å². The minimum Gasteiger partial charge on any atom is -0.388 e. The number of nitrogens with zero attached hydrogens (tertiary/aromatic N) is 5. The normalized spacial score (nSPS) is 19.1. The number of aromatic nitrogens is 4. The predicted octanol–water partition coefficient (Wildman–Crippen LogP) is 2.19. The number of hydrazine groups is 2. The Hall–Kier alpha value is -4.06. The highest BCUT2D eigenvalue weighted by Gasteiger charge is 2.26. The molecule has 2 unspecified atom stereocenters. The minimum atomic E-state index is -0.550. The lowest BCUT2D eigenvalue weighted by Crippen LogP contribution is -2.35. The second-order valence-electron chi connectivity index (χ2n) is 8.19. The van der Waals surface area contributed by atoms with Crippen molar-refractivity contribution in [3.05, 3.63) is 66.6 Å². The van der Waals surface area contributed by atoms with Crippen molar-refractivity contribution in [3.8, 4) is 0 Å². The van der Waals surface area contributed by atoms with Gasteiger partial charge in [0, 0.05) is 29.5 Å². The van der Waals surface area contributed by atoms with Crippen molar-refractivity contribution >= 4 is 39.9 Å². The van der Waals surface area contributed by atoms with Crippen LogP contribution in [0.5, 0.6) is 0 Å². The van der Waals surface area contributed by atoms with Gasteiger partial charge in [-0.25, -0.2) is 15.0 Å². The first-order chi connectivity index (χ1) is 16.7. The van der Waals surface area contributed by atoms with Crippen LogP contribution in [-0.4, -0.2) is 50.4 Å². The molecule has 0 amide bonds. The molecule has 4 aromatic rings. The largest absolute Gasteiger partial charge is 0.388 e. The molecular weight excluding hydrogens is 434 g/mol. The lowest BCUT2D eigenvalue weighted by atomic mass is 10.1. The Kier molecular flexibility index (Phi) is 5.26. The summed E-state index contributed by atoms with van der Waals surface area (Å²) in [5.74, 6) is 2.58. The van der Waals surface area contributed by atoms with Crippen molar-refractivity contribution in [2.75, 3.05) is 34.3 Å². The van der Waals surface area contributed by atoms with Crippen LogP contribution in [0.3, 0.4) is 0 Å². The SMILES string of the molecule is OC1COCC1Nc1cc(Nc2cnc3c(n2)N(Cc2ccc4ncccc4c2)NN3)ccn1. The second-order valence-corrected chi connectivity index (χ2v) is 8.19. The number of benzene rings is 1. The van der Waals surface area contributed by atoms with Gasteiger partial charge in [-0.1, -0.05) is 12.1 Å². The molecule has 2 aliphatic rings. The number of anilines is 5. The molecule has 0 radical (unpaired) electrons. The maximum atomic E-state index is 9.96. The number of fused-ring (bicyclic) bond motifs is 2. The molecule has 2 atom stereocenters. The number of hydrogen-bond donors (Lipinski definition) is 5. The molecule has 6 rings (SSSR count). The molecule has 1 fully saturated rings. The summed E-state index contributed by atoms with van der Waals surface area (Å²) >= 11 is 0. The first kappa shape index (κ1) is 20.5. The van der Waals surface area contributed by atoms with Crippen molar-refractivity contribution in [2.45, 2.75) is 18.7 Å². The standard InChI is InChI=1S/C23H23N9O2/c33-19-13-34-12-18(19)28-20-9-16(5-7-25-20)27-21-10-26-22-23(29-21)32(31-30-22)11-14-3-4-17-15(8-14)2-1-6-24-17/h1-10,18-19,31,33H,11-13H2,(H,26,30)(H2,25,27,28,29). The molecule has 11 heteroatoms. The number of nitrogens with one attached hydrogen (secondary N) is 4. The summed E-state index contributed by atoms with van der Waals surface area (Å²) < 4.78 is 5.29. The zero-order chi connectivity index (χ0) is 22.9. The first-order valence-electron chi connectivity index (χ1n) is 11.0. The van der Waals surface area contributed by atoms with Gasteiger partial charge in [-0.2, -0.15) is 0 Å². The van der Waals surface area contributed by atoms with Crippen molar-refractivity contribution < 1.29 is 9.84 Å². The van der Waals surface area contributed by atoms with E-state index in [0.717, 1.165) is 22.2 Å². The van der Waals surface area contributed by atoms with E-state index in [4.69, 9.17) is 9.72 Å². The number of pyridine rings is 2. The van der Waals surface area contributed by atoms with Crippen LogP contribution in [0, 0.1) is 0 Å². The van der Waals surface area contributed by atoms with Crippen LogP contribution in [0.4, 0.5) is 29.0 Å². The lowest BCUT2D eigenvalue weighted by Gasteiger charge is -2.18. The van der Waals surface area contributed by atoms with E-state index in [1.54, 1.807) is 18.6 Å². The Labute approximate surface area is 195 Å². The molecule has 5 heterocycles. The van der Waals surface area contributed by atoms with Gasteiger partial charge in [0.25, 0.3) is 0 Å².